The first-order valence-corrected chi connectivity index (χ1v) is 0. The van der Waals surface area contributed by atoms with Gasteiger partial charge in [0.25, 0.3) is 0 Å². The summed E-state index contributed by atoms with van der Waals surface area (Å²) >= 11 is 0. The molecule has 0 N–H and O–H groups in total. The van der Waals surface area contributed by atoms with E-state index in [4.69, 9.17) is 0 Å². The Hall–Kier alpha value is 2.64. The molecule has 0 atom stereocenters. The van der Waals surface area contributed by atoms with Crippen LogP contribution in [-0.2, 0) is 34.1 Å². The van der Waals surface area contributed by atoms with Crippen molar-refractivity contribution in [1.82, 2.24) is 0 Å². The zero-order valence-corrected chi connectivity index (χ0v) is 12.0. The van der Waals surface area contributed by atoms with E-state index in [0.29, 0.717) is 0 Å². The van der Waals surface area contributed by atoms with Crippen molar-refractivity contribution in [2.24, 2.45) is 0 Å². The van der Waals surface area contributed by atoms with Gasteiger partial charge in [-0.25, -0.2) is 0 Å². The summed E-state index contributed by atoms with van der Waals surface area (Å²) in [6, 6.07) is 0. The van der Waals surface area contributed by atoms with E-state index in [0.717, 1.165) is 0 Å². The Bertz CT molecular complexity index is 4.00. The summed E-state index contributed by atoms with van der Waals surface area (Å²) in [5.74, 6) is 0. The van der Waals surface area contributed by atoms with E-state index in [1.165, 1.54) is 0 Å². The Morgan fingerprint density at radius 1 is 0.500 bits per heavy atom. The van der Waals surface area contributed by atoms with E-state index in [1.807, 2.05) is 0 Å². The molecule has 0 amide bonds. The molecule has 0 bridgehead atoms. The molecule has 0 aliphatic carbocycles. The Labute approximate surface area is 80.7 Å². The van der Waals surface area contributed by atoms with E-state index in [-0.39, 0.29) is 82.0 Å². The Balaban J connectivity index is 0. The molecule has 0 spiro atoms. The van der Waals surface area contributed by atoms with Crippen LogP contribution in [0.15, 0.2) is 0 Å². The second-order valence-electron chi connectivity index (χ2n) is 0. The molecule has 0 fully saturated rings. The molecule has 0 aromatic heterocycles. The van der Waals surface area contributed by atoms with E-state index >= 15 is 0 Å². The molecule has 0 heterocycles. The van der Waals surface area contributed by atoms with Crippen molar-refractivity contribution >= 4 is 47.8 Å². The van der Waals surface area contributed by atoms with Crippen LogP contribution in [0.1, 0.15) is 0 Å². The van der Waals surface area contributed by atoms with E-state index in [9.17, 15) is 0 Å². The van der Waals surface area contributed by atoms with Crippen molar-refractivity contribution in [3.05, 3.63) is 0 Å². The topological polar surface area (TPSA) is 0 Å². The van der Waals surface area contributed by atoms with Crippen molar-refractivity contribution in [1.29, 1.82) is 0 Å². The van der Waals surface area contributed by atoms with Gasteiger partial charge in [0.15, 0.2) is 0 Å². The average Bonchev–Trinajstić information content (AvgIpc) is 0. The van der Waals surface area contributed by atoms with Crippen molar-refractivity contribution in [3.63, 3.8) is 0 Å². The maximum atomic E-state index is 0. The maximum absolute atomic E-state index is 0. The van der Waals surface area contributed by atoms with Gasteiger partial charge in [0.2, 0.25) is 0 Å². The fraction of sp³-hybridized carbons (Fsp3) is 0. The Morgan fingerprint density at radius 2 is 0.500 bits per heavy atom. The fourth-order valence-electron chi connectivity index (χ4n) is 0. The minimum atomic E-state index is 0. The third-order valence-corrected chi connectivity index (χ3v) is 0. The van der Waals surface area contributed by atoms with Gasteiger partial charge in [-0.05, 0) is 0 Å². The molecule has 0 aliphatic heterocycles. The van der Waals surface area contributed by atoms with Crippen molar-refractivity contribution in [2.75, 3.05) is 0 Å². The molecule has 0 aromatic carbocycles. The Morgan fingerprint density at radius 3 is 0.500 bits per heavy atom. The Kier molecular flexibility index (Phi) is 132. The van der Waals surface area contributed by atoms with Crippen LogP contribution in [0.25, 0.3) is 0 Å². The molecular formula is H4Cu2Sn2. The van der Waals surface area contributed by atoms with Gasteiger partial charge in [-0.15, -0.1) is 0 Å². The molecule has 0 aromatic rings. The molecule has 0 rings (SSSR count). The van der Waals surface area contributed by atoms with Gasteiger partial charge in [-0.3, -0.25) is 0 Å². The van der Waals surface area contributed by atoms with Crippen molar-refractivity contribution in [2.45, 2.75) is 0 Å². The third-order valence-electron chi connectivity index (χ3n) is 0. The summed E-state index contributed by atoms with van der Waals surface area (Å²) < 4.78 is 0. The number of rotatable bonds is 0. The standard InChI is InChI=1S/2Cu.2Sn.4H. The summed E-state index contributed by atoms with van der Waals surface area (Å²) in [5.41, 5.74) is 0. The molecule has 0 nitrogen and oxygen atoms in total. The van der Waals surface area contributed by atoms with Crippen molar-refractivity contribution < 1.29 is 34.1 Å². The van der Waals surface area contributed by atoms with Crippen LogP contribution >= 0.6 is 0 Å². The van der Waals surface area contributed by atoms with E-state index in [2.05, 4.69) is 0 Å². The predicted molar refractivity (Wildman–Crippen MR) is 17.1 cm³/mol. The quantitative estimate of drug-likeness (QED) is 0.441. The second kappa shape index (κ2) is 17.4. The minimum absolute atomic E-state index is 0. The zero-order chi connectivity index (χ0) is 0. The summed E-state index contributed by atoms with van der Waals surface area (Å²) in [5, 5.41) is 0. The first-order valence-electron chi connectivity index (χ1n) is 0. The molecule has 6 radical (unpaired) electrons. The van der Waals surface area contributed by atoms with Gasteiger partial charge in [0.05, 0.1) is 0 Å². The molecule has 0 saturated heterocycles. The number of hydrogen-bond donors (Lipinski definition) is 0. The van der Waals surface area contributed by atoms with Crippen molar-refractivity contribution in [3.8, 4) is 0 Å². The molecule has 34 valence electrons. The normalized spacial score (nSPS) is 0. The summed E-state index contributed by atoms with van der Waals surface area (Å²) in [7, 11) is 0. The molecule has 4 heteroatoms. The second-order valence-corrected chi connectivity index (χ2v) is 0. The number of hydrogen-bond acceptors (Lipinski definition) is 0. The fourth-order valence-corrected chi connectivity index (χ4v) is 0. The SMILES string of the molecule is [Cu].[Cu].[SnH2].[SnH2]. The van der Waals surface area contributed by atoms with Crippen LogP contribution < -0.4 is 0 Å². The monoisotopic (exact) mass is 370 g/mol. The zero-order valence-electron chi connectivity index (χ0n) is 2.02. The molecule has 0 saturated carbocycles. The average molecular weight is 369 g/mol. The van der Waals surface area contributed by atoms with Crippen LogP contribution in [0.4, 0.5) is 0 Å². The van der Waals surface area contributed by atoms with Crippen LogP contribution in [0, 0.1) is 0 Å². The molecule has 4 heavy (non-hydrogen) atoms. The van der Waals surface area contributed by atoms with E-state index < -0.39 is 0 Å². The molecule has 0 aliphatic rings. The van der Waals surface area contributed by atoms with Crippen LogP contribution in [0.2, 0.25) is 0 Å². The van der Waals surface area contributed by atoms with Gasteiger partial charge in [0, 0.05) is 34.1 Å². The van der Waals surface area contributed by atoms with Gasteiger partial charge >= 0.3 is 47.8 Å². The van der Waals surface area contributed by atoms with E-state index in [1.54, 1.807) is 0 Å². The predicted octanol–water partition coefficient (Wildman–Crippen LogP) is -1.84. The van der Waals surface area contributed by atoms with Crippen LogP contribution in [0.5, 0.6) is 0 Å². The van der Waals surface area contributed by atoms with Crippen LogP contribution in [-0.4, -0.2) is 47.8 Å². The van der Waals surface area contributed by atoms with Gasteiger partial charge in [-0.1, -0.05) is 0 Å². The van der Waals surface area contributed by atoms with Crippen LogP contribution in [0.3, 0.4) is 0 Å². The first-order chi connectivity index (χ1) is 0. The summed E-state index contributed by atoms with van der Waals surface area (Å²) in [4.78, 5) is 0. The summed E-state index contributed by atoms with van der Waals surface area (Å²) in [6.07, 6.45) is 0. The first kappa shape index (κ1) is 30.3. The molecule has 0 unspecified atom stereocenters. The van der Waals surface area contributed by atoms with Gasteiger partial charge < -0.3 is 0 Å². The van der Waals surface area contributed by atoms with Gasteiger partial charge in [-0.2, -0.15) is 0 Å². The summed E-state index contributed by atoms with van der Waals surface area (Å²) in [6.45, 7) is 0. The third kappa shape index (κ3) is 8.82. The van der Waals surface area contributed by atoms with Gasteiger partial charge in [0.1, 0.15) is 0 Å². The molecular weight excluding hydrogens is 365 g/mol.